The Morgan fingerprint density at radius 1 is 1.53 bits per heavy atom. The molecule has 0 aliphatic carbocycles. The maximum atomic E-state index is 5.94. The molecule has 2 rings (SSSR count). The first-order valence-electron chi connectivity index (χ1n) is 5.53. The van der Waals surface area contributed by atoms with Crippen molar-refractivity contribution in [2.45, 2.75) is 26.4 Å². The van der Waals surface area contributed by atoms with E-state index in [1.165, 1.54) is 9.75 Å². The molecule has 0 amide bonds. The van der Waals surface area contributed by atoms with E-state index in [9.17, 15) is 0 Å². The van der Waals surface area contributed by atoms with Crippen LogP contribution in [-0.4, -0.2) is 9.55 Å². The second kappa shape index (κ2) is 5.21. The highest BCUT2D eigenvalue weighted by molar-refractivity contribution is 7.12. The molecule has 3 nitrogen and oxygen atoms in total. The molecule has 1 unspecified atom stereocenters. The van der Waals surface area contributed by atoms with Gasteiger partial charge in [-0.25, -0.2) is 4.98 Å². The quantitative estimate of drug-likeness (QED) is 0.923. The average molecular weight is 270 g/mol. The Bertz CT molecular complexity index is 504. The molecule has 92 valence electrons. The van der Waals surface area contributed by atoms with E-state index < -0.39 is 0 Å². The van der Waals surface area contributed by atoms with Gasteiger partial charge in [-0.15, -0.1) is 11.3 Å². The minimum atomic E-state index is 0.337. The van der Waals surface area contributed by atoms with Crippen LogP contribution in [0.4, 0.5) is 0 Å². The number of thiophene rings is 1. The zero-order chi connectivity index (χ0) is 12.4. The lowest BCUT2D eigenvalue weighted by Crippen LogP contribution is -2.19. The Hall–Kier alpha value is -0.840. The van der Waals surface area contributed by atoms with Gasteiger partial charge in [-0.1, -0.05) is 11.6 Å². The van der Waals surface area contributed by atoms with E-state index in [0.29, 0.717) is 11.2 Å². The van der Waals surface area contributed by atoms with Crippen molar-refractivity contribution in [3.8, 4) is 0 Å². The van der Waals surface area contributed by atoms with Crippen molar-refractivity contribution in [2.24, 2.45) is 7.05 Å². The molecule has 5 heteroatoms. The van der Waals surface area contributed by atoms with E-state index in [2.05, 4.69) is 36.3 Å². The van der Waals surface area contributed by atoms with Gasteiger partial charge in [0.1, 0.15) is 11.0 Å². The molecule has 0 aromatic carbocycles. The molecule has 1 N–H and O–H groups in total. The standard InChI is InChI=1S/C12H16ClN3S/c1-8-4-5-10(17-8)9(2)14-7-12-15-6-11(13)16(12)3/h4-6,9,14H,7H2,1-3H3. The highest BCUT2D eigenvalue weighted by Crippen LogP contribution is 2.22. The molecule has 0 saturated carbocycles. The Morgan fingerprint density at radius 3 is 2.82 bits per heavy atom. The van der Waals surface area contributed by atoms with E-state index >= 15 is 0 Å². The van der Waals surface area contributed by atoms with Crippen molar-refractivity contribution in [1.82, 2.24) is 14.9 Å². The first-order chi connectivity index (χ1) is 8.08. The lowest BCUT2D eigenvalue weighted by atomic mass is 10.2. The predicted molar refractivity (Wildman–Crippen MR) is 72.5 cm³/mol. The molecule has 0 radical (unpaired) electrons. The van der Waals surface area contributed by atoms with Gasteiger partial charge in [0.25, 0.3) is 0 Å². The third-order valence-corrected chi connectivity index (χ3v) is 4.32. The van der Waals surface area contributed by atoms with Gasteiger partial charge in [-0.3, -0.25) is 0 Å². The molecule has 0 saturated heterocycles. The SMILES string of the molecule is Cc1ccc(C(C)NCc2ncc(Cl)n2C)s1. The highest BCUT2D eigenvalue weighted by atomic mass is 35.5. The lowest BCUT2D eigenvalue weighted by Gasteiger charge is -2.11. The van der Waals surface area contributed by atoms with E-state index in [-0.39, 0.29) is 0 Å². The van der Waals surface area contributed by atoms with Crippen molar-refractivity contribution in [3.05, 3.63) is 39.1 Å². The lowest BCUT2D eigenvalue weighted by molar-refractivity contribution is 0.556. The molecule has 1 atom stereocenters. The smallest absolute Gasteiger partial charge is 0.128 e. The fourth-order valence-electron chi connectivity index (χ4n) is 1.62. The Labute approximate surface area is 110 Å². The van der Waals surface area contributed by atoms with Crippen LogP contribution in [0, 0.1) is 6.92 Å². The number of rotatable bonds is 4. The monoisotopic (exact) mass is 269 g/mol. The second-order valence-corrected chi connectivity index (χ2v) is 5.81. The summed E-state index contributed by atoms with van der Waals surface area (Å²) in [5.41, 5.74) is 0. The Kier molecular flexibility index (Phi) is 3.86. The molecule has 0 spiro atoms. The first-order valence-corrected chi connectivity index (χ1v) is 6.73. The van der Waals surface area contributed by atoms with Gasteiger partial charge in [-0.2, -0.15) is 0 Å². The molecule has 2 aromatic heterocycles. The molecule has 0 aliphatic heterocycles. The van der Waals surface area contributed by atoms with Crippen LogP contribution in [-0.2, 0) is 13.6 Å². The number of nitrogens with zero attached hydrogens (tertiary/aromatic N) is 2. The van der Waals surface area contributed by atoms with Crippen LogP contribution >= 0.6 is 22.9 Å². The summed E-state index contributed by atoms with van der Waals surface area (Å²) in [6.07, 6.45) is 1.68. The summed E-state index contributed by atoms with van der Waals surface area (Å²) in [6.45, 7) is 5.01. The molecule has 0 aliphatic rings. The van der Waals surface area contributed by atoms with Gasteiger partial charge in [0.2, 0.25) is 0 Å². The fraction of sp³-hybridized carbons (Fsp3) is 0.417. The van der Waals surface area contributed by atoms with Gasteiger partial charge < -0.3 is 9.88 Å². The number of aryl methyl sites for hydroxylation is 1. The molecule has 0 fully saturated rings. The summed E-state index contributed by atoms with van der Waals surface area (Å²) in [6, 6.07) is 4.66. The van der Waals surface area contributed by atoms with Crippen LogP contribution in [0.1, 0.15) is 28.5 Å². The molecular weight excluding hydrogens is 254 g/mol. The maximum Gasteiger partial charge on any atom is 0.128 e. The van der Waals surface area contributed by atoms with E-state index in [1.54, 1.807) is 6.20 Å². The summed E-state index contributed by atoms with van der Waals surface area (Å²) in [5, 5.41) is 4.12. The average Bonchev–Trinajstić information content (AvgIpc) is 2.86. The van der Waals surface area contributed by atoms with Crippen LogP contribution in [0.25, 0.3) is 0 Å². The topological polar surface area (TPSA) is 29.9 Å². The highest BCUT2D eigenvalue weighted by Gasteiger charge is 2.09. The van der Waals surface area contributed by atoms with Crippen LogP contribution < -0.4 is 5.32 Å². The van der Waals surface area contributed by atoms with Crippen LogP contribution in [0.15, 0.2) is 18.3 Å². The number of imidazole rings is 1. The largest absolute Gasteiger partial charge is 0.321 e. The molecule has 17 heavy (non-hydrogen) atoms. The first kappa shape index (κ1) is 12.6. The summed E-state index contributed by atoms with van der Waals surface area (Å²) in [4.78, 5) is 6.95. The molecule has 2 aromatic rings. The zero-order valence-electron chi connectivity index (χ0n) is 10.2. The van der Waals surface area contributed by atoms with Crippen molar-refractivity contribution in [2.75, 3.05) is 0 Å². The summed E-state index contributed by atoms with van der Waals surface area (Å²) in [7, 11) is 1.92. The normalized spacial score (nSPS) is 12.9. The minimum absolute atomic E-state index is 0.337. The number of nitrogens with one attached hydrogen (secondary N) is 1. The minimum Gasteiger partial charge on any atom is -0.321 e. The summed E-state index contributed by atoms with van der Waals surface area (Å²) in [5.74, 6) is 0.954. The number of hydrogen-bond acceptors (Lipinski definition) is 3. The van der Waals surface area contributed by atoms with Crippen molar-refractivity contribution < 1.29 is 0 Å². The van der Waals surface area contributed by atoms with Gasteiger partial charge in [0, 0.05) is 22.8 Å². The zero-order valence-corrected chi connectivity index (χ0v) is 11.8. The number of hydrogen-bond donors (Lipinski definition) is 1. The number of halogens is 1. The second-order valence-electron chi connectivity index (χ2n) is 4.11. The Balaban J connectivity index is 1.96. The van der Waals surface area contributed by atoms with Gasteiger partial charge in [-0.05, 0) is 26.0 Å². The van der Waals surface area contributed by atoms with Crippen LogP contribution in [0.5, 0.6) is 0 Å². The van der Waals surface area contributed by atoms with E-state index in [0.717, 1.165) is 12.4 Å². The van der Waals surface area contributed by atoms with Crippen molar-refractivity contribution in [3.63, 3.8) is 0 Å². The Morgan fingerprint density at radius 2 is 2.29 bits per heavy atom. The third kappa shape index (κ3) is 2.89. The van der Waals surface area contributed by atoms with Gasteiger partial charge in [0.05, 0.1) is 12.7 Å². The predicted octanol–water partition coefficient (Wildman–Crippen LogP) is 3.29. The fourth-order valence-corrected chi connectivity index (χ4v) is 2.67. The maximum absolute atomic E-state index is 5.94. The summed E-state index contributed by atoms with van der Waals surface area (Å²) >= 11 is 7.76. The van der Waals surface area contributed by atoms with E-state index in [1.807, 2.05) is 23.0 Å². The molecule has 0 bridgehead atoms. The van der Waals surface area contributed by atoms with Crippen LogP contribution in [0.3, 0.4) is 0 Å². The number of aromatic nitrogens is 2. The molecular formula is C12H16ClN3S. The summed E-state index contributed by atoms with van der Waals surface area (Å²) < 4.78 is 1.89. The van der Waals surface area contributed by atoms with E-state index in [4.69, 9.17) is 11.6 Å². The van der Waals surface area contributed by atoms with Crippen molar-refractivity contribution >= 4 is 22.9 Å². The van der Waals surface area contributed by atoms with Crippen LogP contribution in [0.2, 0.25) is 5.15 Å². The van der Waals surface area contributed by atoms with Gasteiger partial charge >= 0.3 is 0 Å². The van der Waals surface area contributed by atoms with Gasteiger partial charge in [0.15, 0.2) is 0 Å². The van der Waals surface area contributed by atoms with Crippen molar-refractivity contribution in [1.29, 1.82) is 0 Å². The molecule has 2 heterocycles. The third-order valence-electron chi connectivity index (χ3n) is 2.78.